The Balaban J connectivity index is 0.00000144. The highest BCUT2D eigenvalue weighted by Gasteiger charge is 2.26. The van der Waals surface area contributed by atoms with Crippen LogP contribution in [-0.2, 0) is 11.2 Å². The van der Waals surface area contributed by atoms with Gasteiger partial charge >= 0.3 is 0 Å². The monoisotopic (exact) mass is 315 g/mol. The molecule has 114 valence electrons. The first-order valence-electron chi connectivity index (χ1n) is 7.09. The van der Waals surface area contributed by atoms with Gasteiger partial charge in [0.15, 0.2) is 0 Å². The maximum atomic E-state index is 11.5. The fourth-order valence-electron chi connectivity index (χ4n) is 2.63. The fraction of sp³-hybridized carbons (Fsp3) is 0.278. The summed E-state index contributed by atoms with van der Waals surface area (Å²) in [7, 11) is 0. The lowest BCUT2D eigenvalue weighted by Gasteiger charge is -2.13. The first-order valence-corrected chi connectivity index (χ1v) is 7.47. The van der Waals surface area contributed by atoms with E-state index in [1.807, 2.05) is 36.4 Å². The van der Waals surface area contributed by atoms with E-state index in [1.54, 1.807) is 0 Å². The largest absolute Gasteiger partial charge is 0.490 e. The van der Waals surface area contributed by atoms with Crippen molar-refractivity contribution in [2.75, 3.05) is 5.32 Å². The molecule has 0 aromatic heterocycles. The van der Waals surface area contributed by atoms with Crippen LogP contribution in [-0.4, -0.2) is 12.0 Å². The summed E-state index contributed by atoms with van der Waals surface area (Å²) < 4.78 is 5.97. The third kappa shape index (κ3) is 2.69. The molecule has 0 spiro atoms. The van der Waals surface area contributed by atoms with Crippen LogP contribution in [0.5, 0.6) is 5.75 Å². The van der Waals surface area contributed by atoms with Crippen LogP contribution in [0, 0.1) is 0 Å². The number of benzene rings is 2. The Labute approximate surface area is 135 Å². The predicted octanol–water partition coefficient (Wildman–Crippen LogP) is 4.68. The van der Waals surface area contributed by atoms with Gasteiger partial charge in [-0.15, -0.1) is 0 Å². The van der Waals surface area contributed by atoms with Gasteiger partial charge in [0.2, 0.25) is 5.91 Å². The third-order valence-electron chi connectivity index (χ3n) is 3.81. The molecule has 0 radical (unpaired) electrons. The molecule has 2 aromatic carbocycles. The number of anilines is 1. The Morgan fingerprint density at radius 1 is 1.18 bits per heavy atom. The number of fused-ring (bicyclic) bond motifs is 1. The number of hydrogen-bond donors (Lipinski definition) is 1. The smallest absolute Gasteiger partial charge is 0.228 e. The lowest BCUT2D eigenvalue weighted by molar-refractivity contribution is -0.115. The van der Waals surface area contributed by atoms with Crippen molar-refractivity contribution in [1.82, 2.24) is 0 Å². The SMILES string of the molecule is C.O=C1Cc2cc(-c3c(Cl)cccc3OC3CC3)ccc2N1. The zero-order valence-electron chi connectivity index (χ0n) is 11.4. The van der Waals surface area contributed by atoms with Gasteiger partial charge in [-0.1, -0.05) is 31.2 Å². The van der Waals surface area contributed by atoms with Gasteiger partial charge in [0.05, 0.1) is 17.5 Å². The van der Waals surface area contributed by atoms with E-state index >= 15 is 0 Å². The molecule has 0 bridgehead atoms. The Morgan fingerprint density at radius 2 is 2.00 bits per heavy atom. The lowest BCUT2D eigenvalue weighted by atomic mass is 10.0. The van der Waals surface area contributed by atoms with Crippen LogP contribution in [0.25, 0.3) is 11.1 Å². The maximum absolute atomic E-state index is 11.5. The van der Waals surface area contributed by atoms with Crippen LogP contribution in [0.15, 0.2) is 36.4 Å². The standard InChI is InChI=1S/C17H14ClNO2.CH4/c18-13-2-1-3-15(21-12-5-6-12)17(13)10-4-7-14-11(8-10)9-16(20)19-14;/h1-4,7-8,12H,5-6,9H2,(H,19,20);1H4. The maximum Gasteiger partial charge on any atom is 0.228 e. The highest BCUT2D eigenvalue weighted by molar-refractivity contribution is 6.33. The van der Waals surface area contributed by atoms with Crippen LogP contribution in [0.1, 0.15) is 25.8 Å². The van der Waals surface area contributed by atoms with Gasteiger partial charge in [0, 0.05) is 11.3 Å². The van der Waals surface area contributed by atoms with Gasteiger partial charge in [0.1, 0.15) is 5.75 Å². The number of amides is 1. The second-order valence-electron chi connectivity index (χ2n) is 5.53. The molecule has 4 heteroatoms. The molecule has 0 saturated heterocycles. The first-order chi connectivity index (χ1) is 10.2. The summed E-state index contributed by atoms with van der Waals surface area (Å²) in [6.45, 7) is 0. The molecular weight excluding hydrogens is 298 g/mol. The molecule has 4 rings (SSSR count). The Bertz CT molecular complexity index is 738. The van der Waals surface area contributed by atoms with E-state index < -0.39 is 0 Å². The number of hydrogen-bond acceptors (Lipinski definition) is 2. The van der Waals surface area contributed by atoms with Crippen molar-refractivity contribution in [3.8, 4) is 16.9 Å². The van der Waals surface area contributed by atoms with Crippen molar-refractivity contribution in [3.63, 3.8) is 0 Å². The van der Waals surface area contributed by atoms with Crippen molar-refractivity contribution in [2.24, 2.45) is 0 Å². The number of nitrogens with one attached hydrogen (secondary N) is 1. The van der Waals surface area contributed by atoms with E-state index in [2.05, 4.69) is 5.32 Å². The summed E-state index contributed by atoms with van der Waals surface area (Å²) in [6, 6.07) is 11.7. The van der Waals surface area contributed by atoms with Crippen LogP contribution in [0.4, 0.5) is 5.69 Å². The number of ether oxygens (including phenoxy) is 1. The minimum atomic E-state index is 0. The van der Waals surface area contributed by atoms with Gasteiger partial charge in [0.25, 0.3) is 0 Å². The number of rotatable bonds is 3. The van der Waals surface area contributed by atoms with Crippen LogP contribution < -0.4 is 10.1 Å². The second kappa shape index (κ2) is 5.65. The molecular formula is C18H18ClNO2. The van der Waals surface area contributed by atoms with E-state index in [0.717, 1.165) is 41.0 Å². The first kappa shape index (κ1) is 14.9. The van der Waals surface area contributed by atoms with E-state index in [0.29, 0.717) is 17.5 Å². The summed E-state index contributed by atoms with van der Waals surface area (Å²) in [4.78, 5) is 11.5. The van der Waals surface area contributed by atoms with Crippen molar-refractivity contribution in [2.45, 2.75) is 32.8 Å². The molecule has 2 aromatic rings. The van der Waals surface area contributed by atoms with Crippen LogP contribution in [0.3, 0.4) is 0 Å². The van der Waals surface area contributed by atoms with Crippen molar-refractivity contribution >= 4 is 23.2 Å². The molecule has 1 N–H and O–H groups in total. The lowest BCUT2D eigenvalue weighted by Crippen LogP contribution is -2.03. The highest BCUT2D eigenvalue weighted by atomic mass is 35.5. The molecule has 0 unspecified atom stereocenters. The Hall–Kier alpha value is -2.00. The Morgan fingerprint density at radius 3 is 2.77 bits per heavy atom. The molecule has 0 atom stereocenters. The van der Waals surface area contributed by atoms with Crippen molar-refractivity contribution in [1.29, 1.82) is 0 Å². The van der Waals surface area contributed by atoms with E-state index in [4.69, 9.17) is 16.3 Å². The predicted molar refractivity (Wildman–Crippen MR) is 89.6 cm³/mol. The van der Waals surface area contributed by atoms with E-state index in [-0.39, 0.29) is 13.3 Å². The zero-order valence-corrected chi connectivity index (χ0v) is 12.1. The molecule has 1 heterocycles. The molecule has 1 fully saturated rings. The van der Waals surface area contributed by atoms with Crippen LogP contribution >= 0.6 is 11.6 Å². The molecule has 1 aliphatic heterocycles. The van der Waals surface area contributed by atoms with Crippen LogP contribution in [0.2, 0.25) is 5.02 Å². The summed E-state index contributed by atoms with van der Waals surface area (Å²) in [5.74, 6) is 0.859. The molecule has 1 aliphatic carbocycles. The second-order valence-corrected chi connectivity index (χ2v) is 5.93. The molecule has 1 saturated carbocycles. The molecule has 22 heavy (non-hydrogen) atoms. The molecule has 3 nitrogen and oxygen atoms in total. The topological polar surface area (TPSA) is 38.3 Å². The summed E-state index contributed by atoms with van der Waals surface area (Å²) in [6.07, 6.45) is 2.95. The quantitative estimate of drug-likeness (QED) is 0.893. The number of halogens is 1. The van der Waals surface area contributed by atoms with E-state index in [1.165, 1.54) is 0 Å². The Kier molecular flexibility index (Phi) is 3.83. The number of carbonyl (C=O) groups is 1. The fourth-order valence-corrected chi connectivity index (χ4v) is 2.91. The highest BCUT2D eigenvalue weighted by Crippen LogP contribution is 2.41. The molecule has 2 aliphatic rings. The normalized spacial score (nSPS) is 15.8. The van der Waals surface area contributed by atoms with Crippen molar-refractivity contribution < 1.29 is 9.53 Å². The average molecular weight is 316 g/mol. The zero-order chi connectivity index (χ0) is 14.4. The van der Waals surface area contributed by atoms with Gasteiger partial charge in [-0.25, -0.2) is 0 Å². The van der Waals surface area contributed by atoms with Gasteiger partial charge in [-0.3, -0.25) is 4.79 Å². The summed E-state index contributed by atoms with van der Waals surface area (Å²) >= 11 is 6.38. The summed E-state index contributed by atoms with van der Waals surface area (Å²) in [5.41, 5.74) is 3.80. The third-order valence-corrected chi connectivity index (χ3v) is 4.13. The average Bonchev–Trinajstić information content (AvgIpc) is 3.17. The van der Waals surface area contributed by atoms with Gasteiger partial charge in [-0.05, 0) is 48.2 Å². The van der Waals surface area contributed by atoms with E-state index in [9.17, 15) is 4.79 Å². The molecule has 1 amide bonds. The minimum Gasteiger partial charge on any atom is -0.490 e. The van der Waals surface area contributed by atoms with Gasteiger partial charge in [-0.2, -0.15) is 0 Å². The summed E-state index contributed by atoms with van der Waals surface area (Å²) in [5, 5.41) is 3.52. The minimum absolute atomic E-state index is 0. The number of carbonyl (C=O) groups excluding carboxylic acids is 1. The van der Waals surface area contributed by atoms with Crippen molar-refractivity contribution in [3.05, 3.63) is 47.0 Å². The van der Waals surface area contributed by atoms with Gasteiger partial charge < -0.3 is 10.1 Å².